The SMILES string of the molecule is O=C(N[C@H]1C[C@H]2O[C@H]1C[C@@H]2c1nnc([C@H]2C[C@@H](OC(F)(F)F)C2)o1)[C@@H]1C[C@@H](O)c2cc(Cl)ccc2O1. The van der Waals surface area contributed by atoms with Gasteiger partial charge >= 0.3 is 6.36 Å². The molecule has 2 N–H and O–H groups in total. The summed E-state index contributed by atoms with van der Waals surface area (Å²) in [5.74, 6) is 0.421. The zero-order valence-electron chi connectivity index (χ0n) is 18.8. The van der Waals surface area contributed by atoms with Crippen LogP contribution in [0.5, 0.6) is 5.75 Å². The summed E-state index contributed by atoms with van der Waals surface area (Å²) in [5, 5.41) is 22.0. The second-order valence-corrected chi connectivity index (χ2v) is 10.2. The van der Waals surface area contributed by atoms with Crippen LogP contribution in [0.3, 0.4) is 0 Å². The molecule has 3 aliphatic heterocycles. The lowest BCUT2D eigenvalue weighted by Gasteiger charge is -2.32. The molecule has 4 aliphatic rings. The van der Waals surface area contributed by atoms with Gasteiger partial charge in [0.05, 0.1) is 36.4 Å². The van der Waals surface area contributed by atoms with Crippen LogP contribution in [0.15, 0.2) is 22.6 Å². The van der Waals surface area contributed by atoms with E-state index >= 15 is 0 Å². The van der Waals surface area contributed by atoms with Crippen LogP contribution in [-0.2, 0) is 14.3 Å². The monoisotopic (exact) mass is 529 g/mol. The Balaban J connectivity index is 1.02. The van der Waals surface area contributed by atoms with E-state index in [2.05, 4.69) is 20.3 Å². The van der Waals surface area contributed by atoms with E-state index in [1.165, 1.54) is 0 Å². The largest absolute Gasteiger partial charge is 0.522 e. The Hall–Kier alpha value is -2.41. The average Bonchev–Trinajstić information content (AvgIpc) is 3.51. The Kier molecular flexibility index (Phi) is 5.90. The van der Waals surface area contributed by atoms with Crippen molar-refractivity contribution in [1.29, 1.82) is 0 Å². The Labute approximate surface area is 208 Å². The Morgan fingerprint density at radius 3 is 2.61 bits per heavy atom. The maximum Gasteiger partial charge on any atom is 0.522 e. The second kappa shape index (κ2) is 8.86. The van der Waals surface area contributed by atoms with E-state index in [9.17, 15) is 23.1 Å². The molecule has 2 aromatic rings. The predicted octanol–water partition coefficient (Wildman–Crippen LogP) is 3.52. The number of carbonyl (C=O) groups excluding carboxylic acids is 1. The van der Waals surface area contributed by atoms with Crippen molar-refractivity contribution in [1.82, 2.24) is 15.5 Å². The lowest BCUT2D eigenvalue weighted by atomic mass is 9.82. The fourth-order valence-electron chi connectivity index (χ4n) is 5.54. The molecule has 6 rings (SSSR count). The van der Waals surface area contributed by atoms with Crippen LogP contribution in [-0.4, -0.2) is 58.0 Å². The van der Waals surface area contributed by atoms with Gasteiger partial charge in [-0.1, -0.05) is 11.6 Å². The van der Waals surface area contributed by atoms with E-state index in [1.807, 2.05) is 0 Å². The maximum absolute atomic E-state index is 12.9. The molecule has 1 saturated carbocycles. The van der Waals surface area contributed by atoms with Crippen LogP contribution < -0.4 is 10.1 Å². The molecule has 0 radical (unpaired) electrons. The highest BCUT2D eigenvalue weighted by molar-refractivity contribution is 6.30. The Morgan fingerprint density at radius 2 is 1.89 bits per heavy atom. The fraction of sp³-hybridized carbons (Fsp3) is 0.609. The van der Waals surface area contributed by atoms with E-state index in [-0.39, 0.29) is 55.3 Å². The molecular formula is C23H23ClF3N3O6. The summed E-state index contributed by atoms with van der Waals surface area (Å²) >= 11 is 5.98. The average molecular weight is 530 g/mol. The minimum atomic E-state index is -4.65. The number of fused-ring (bicyclic) bond motifs is 3. The number of alkyl halides is 3. The third-order valence-corrected chi connectivity index (χ3v) is 7.63. The first-order valence-electron chi connectivity index (χ1n) is 11.8. The number of benzene rings is 1. The molecule has 0 spiro atoms. The van der Waals surface area contributed by atoms with Gasteiger partial charge in [0.2, 0.25) is 11.8 Å². The number of aliphatic hydroxyl groups is 1. The lowest BCUT2D eigenvalue weighted by Crippen LogP contribution is -2.49. The van der Waals surface area contributed by atoms with Gasteiger partial charge in [0, 0.05) is 22.9 Å². The molecule has 36 heavy (non-hydrogen) atoms. The summed E-state index contributed by atoms with van der Waals surface area (Å²) in [6.07, 6.45) is -6.12. The van der Waals surface area contributed by atoms with E-state index in [1.54, 1.807) is 18.2 Å². The molecule has 2 bridgehead atoms. The zero-order chi connectivity index (χ0) is 25.2. The van der Waals surface area contributed by atoms with Crippen molar-refractivity contribution in [3.8, 4) is 5.75 Å². The molecule has 194 valence electrons. The Morgan fingerprint density at radius 1 is 1.11 bits per heavy atom. The van der Waals surface area contributed by atoms with Gasteiger partial charge in [-0.15, -0.1) is 23.4 Å². The van der Waals surface area contributed by atoms with E-state index in [4.69, 9.17) is 25.5 Å². The topological polar surface area (TPSA) is 116 Å². The van der Waals surface area contributed by atoms with Crippen molar-refractivity contribution in [3.05, 3.63) is 40.6 Å². The second-order valence-electron chi connectivity index (χ2n) is 9.78. The van der Waals surface area contributed by atoms with E-state index in [0.717, 1.165) is 0 Å². The van der Waals surface area contributed by atoms with Crippen LogP contribution in [0.2, 0.25) is 5.02 Å². The molecule has 9 nitrogen and oxygen atoms in total. The molecule has 1 aliphatic carbocycles. The number of amides is 1. The number of rotatable bonds is 5. The first-order valence-corrected chi connectivity index (χ1v) is 12.2. The molecule has 2 saturated heterocycles. The number of hydrogen-bond acceptors (Lipinski definition) is 8. The lowest BCUT2D eigenvalue weighted by molar-refractivity contribution is -0.352. The number of nitrogens with one attached hydrogen (secondary N) is 1. The molecule has 3 fully saturated rings. The molecule has 4 heterocycles. The third kappa shape index (κ3) is 4.55. The van der Waals surface area contributed by atoms with Gasteiger partial charge in [0.15, 0.2) is 6.10 Å². The third-order valence-electron chi connectivity index (χ3n) is 7.39. The van der Waals surface area contributed by atoms with Crippen LogP contribution in [0.1, 0.15) is 67.4 Å². The van der Waals surface area contributed by atoms with Gasteiger partial charge in [-0.3, -0.25) is 9.53 Å². The first kappa shape index (κ1) is 24.0. The van der Waals surface area contributed by atoms with Gasteiger partial charge in [-0.25, -0.2) is 0 Å². The van der Waals surface area contributed by atoms with Crippen LogP contribution in [0.25, 0.3) is 0 Å². The van der Waals surface area contributed by atoms with Crippen molar-refractivity contribution in [2.75, 3.05) is 0 Å². The molecule has 1 aromatic carbocycles. The number of aromatic nitrogens is 2. The summed E-state index contributed by atoms with van der Waals surface area (Å²) in [7, 11) is 0. The van der Waals surface area contributed by atoms with Gasteiger partial charge in [0.1, 0.15) is 5.75 Å². The number of ether oxygens (including phenoxy) is 3. The van der Waals surface area contributed by atoms with Crippen molar-refractivity contribution >= 4 is 17.5 Å². The summed E-state index contributed by atoms with van der Waals surface area (Å²) in [6.45, 7) is 0. The normalized spacial score (nSPS) is 35.1. The minimum Gasteiger partial charge on any atom is -0.480 e. The van der Waals surface area contributed by atoms with Gasteiger partial charge in [0.25, 0.3) is 5.91 Å². The number of hydrogen-bond donors (Lipinski definition) is 2. The smallest absolute Gasteiger partial charge is 0.480 e. The van der Waals surface area contributed by atoms with Crippen LogP contribution in [0, 0.1) is 0 Å². The minimum absolute atomic E-state index is 0.115. The van der Waals surface area contributed by atoms with Gasteiger partial charge in [-0.2, -0.15) is 0 Å². The number of carbonyl (C=O) groups is 1. The van der Waals surface area contributed by atoms with E-state index in [0.29, 0.717) is 41.0 Å². The summed E-state index contributed by atoms with van der Waals surface area (Å²) in [6, 6.07) is 4.68. The maximum atomic E-state index is 12.9. The molecule has 1 aromatic heterocycles. The van der Waals surface area contributed by atoms with Crippen LogP contribution >= 0.6 is 11.6 Å². The predicted molar refractivity (Wildman–Crippen MR) is 115 cm³/mol. The van der Waals surface area contributed by atoms with Crippen molar-refractivity contribution in [3.63, 3.8) is 0 Å². The first-order chi connectivity index (χ1) is 17.1. The molecule has 0 unspecified atom stereocenters. The van der Waals surface area contributed by atoms with Gasteiger partial charge in [-0.05, 0) is 43.9 Å². The summed E-state index contributed by atoms with van der Waals surface area (Å²) in [4.78, 5) is 12.9. The zero-order valence-corrected chi connectivity index (χ0v) is 19.5. The highest BCUT2D eigenvalue weighted by atomic mass is 35.5. The number of halogens is 4. The molecule has 6 atom stereocenters. The van der Waals surface area contributed by atoms with E-state index < -0.39 is 24.7 Å². The quantitative estimate of drug-likeness (QED) is 0.604. The Bertz CT molecular complexity index is 1160. The summed E-state index contributed by atoms with van der Waals surface area (Å²) in [5.41, 5.74) is 0.557. The van der Waals surface area contributed by atoms with Crippen molar-refractivity contribution in [2.45, 2.75) is 86.9 Å². The van der Waals surface area contributed by atoms with Crippen molar-refractivity contribution in [2.24, 2.45) is 0 Å². The number of nitrogens with zero attached hydrogens (tertiary/aromatic N) is 2. The highest BCUT2D eigenvalue weighted by Gasteiger charge is 2.51. The van der Waals surface area contributed by atoms with Crippen molar-refractivity contribution < 1.29 is 41.7 Å². The standard InChI is InChI=1S/C23H23ClF3N3O6/c24-10-1-2-16-12(5-10)15(31)8-19(33-16)20(32)28-14-7-17-13(6-18(14)34-17)22-30-29-21(35-22)9-3-11(4-9)36-23(25,26)27/h1-2,5,9,11,13-15,17-19,31H,3-4,6-8H2,(H,28,32)/t9-,11+,13-,14-,15+,17+,18-,19-/m0/s1. The molecule has 1 amide bonds. The molecular weight excluding hydrogens is 507 g/mol. The highest BCUT2D eigenvalue weighted by Crippen LogP contribution is 2.46. The summed E-state index contributed by atoms with van der Waals surface area (Å²) < 4.78 is 58.6. The van der Waals surface area contributed by atoms with Gasteiger partial charge < -0.3 is 24.3 Å². The fourth-order valence-corrected chi connectivity index (χ4v) is 5.72. The number of aliphatic hydroxyl groups excluding tert-OH is 1. The molecule has 13 heteroatoms. The van der Waals surface area contributed by atoms with Crippen LogP contribution in [0.4, 0.5) is 13.2 Å².